The summed E-state index contributed by atoms with van der Waals surface area (Å²) in [6.45, 7) is -0.381. The van der Waals surface area contributed by atoms with E-state index in [9.17, 15) is 13.2 Å². The van der Waals surface area contributed by atoms with E-state index in [2.05, 4.69) is 5.32 Å². The number of aliphatic hydroxyl groups is 1. The Kier molecular flexibility index (Phi) is 5.66. The van der Waals surface area contributed by atoms with Gasteiger partial charge in [0.05, 0.1) is 24.0 Å². The minimum absolute atomic E-state index is 0.0972. The normalized spacial score (nSPS) is 13.9. The molecule has 1 unspecified atom stereocenters. The van der Waals surface area contributed by atoms with Crippen LogP contribution in [0.3, 0.4) is 0 Å². The maximum absolute atomic E-state index is 11.2. The van der Waals surface area contributed by atoms with Gasteiger partial charge >= 0.3 is 5.97 Å². The monoisotopic (exact) mass is 225 g/mol. The predicted molar refractivity (Wildman–Crippen MR) is 50.8 cm³/mol. The number of carbonyl (C=O) groups is 1. The molecule has 0 rings (SSSR count). The van der Waals surface area contributed by atoms with Crippen LogP contribution in [0.15, 0.2) is 0 Å². The fourth-order valence-corrected chi connectivity index (χ4v) is 2.31. The second kappa shape index (κ2) is 5.94. The van der Waals surface area contributed by atoms with Crippen molar-refractivity contribution in [1.29, 1.82) is 0 Å². The van der Waals surface area contributed by atoms with Crippen molar-refractivity contribution >= 4 is 15.8 Å². The predicted octanol–water partition coefficient (Wildman–Crippen LogP) is -1.69. The maximum atomic E-state index is 11.2. The minimum Gasteiger partial charge on any atom is -0.481 e. The van der Waals surface area contributed by atoms with Gasteiger partial charge in [0.2, 0.25) is 0 Å². The van der Waals surface area contributed by atoms with Crippen molar-refractivity contribution in [3.63, 3.8) is 0 Å². The van der Waals surface area contributed by atoms with Crippen LogP contribution in [0, 0.1) is 5.92 Å². The Hall–Kier alpha value is -0.660. The van der Waals surface area contributed by atoms with Gasteiger partial charge in [-0.05, 0) is 7.05 Å². The first kappa shape index (κ1) is 13.3. The summed E-state index contributed by atoms with van der Waals surface area (Å²) in [5, 5.41) is 19.7. The van der Waals surface area contributed by atoms with Crippen molar-refractivity contribution in [2.75, 3.05) is 31.7 Å². The van der Waals surface area contributed by atoms with E-state index < -0.39 is 34.1 Å². The van der Waals surface area contributed by atoms with Crippen molar-refractivity contribution in [1.82, 2.24) is 5.32 Å². The summed E-state index contributed by atoms with van der Waals surface area (Å²) >= 11 is 0. The number of nitrogens with one attached hydrogen (secondary N) is 1. The van der Waals surface area contributed by atoms with Crippen molar-refractivity contribution in [2.24, 2.45) is 5.92 Å². The first-order valence-electron chi connectivity index (χ1n) is 4.11. The van der Waals surface area contributed by atoms with Crippen LogP contribution in [0.25, 0.3) is 0 Å². The average molecular weight is 225 g/mol. The molecule has 0 aromatic heterocycles. The van der Waals surface area contributed by atoms with Crippen molar-refractivity contribution in [3.05, 3.63) is 0 Å². The maximum Gasteiger partial charge on any atom is 0.308 e. The SMILES string of the molecule is CNCC(CS(=O)(=O)CCO)C(=O)O. The Morgan fingerprint density at radius 1 is 1.50 bits per heavy atom. The molecule has 14 heavy (non-hydrogen) atoms. The third-order valence-electron chi connectivity index (χ3n) is 1.66. The quantitative estimate of drug-likeness (QED) is 0.478. The number of carboxylic acids is 1. The molecule has 84 valence electrons. The van der Waals surface area contributed by atoms with E-state index in [1.54, 1.807) is 7.05 Å². The van der Waals surface area contributed by atoms with E-state index >= 15 is 0 Å². The molecule has 0 aliphatic heterocycles. The zero-order chi connectivity index (χ0) is 11.2. The lowest BCUT2D eigenvalue weighted by Crippen LogP contribution is -2.33. The van der Waals surface area contributed by atoms with Crippen LogP contribution in [-0.2, 0) is 14.6 Å². The molecular formula is C7H15NO5S. The molecule has 0 spiro atoms. The molecule has 0 radical (unpaired) electrons. The fraction of sp³-hybridized carbons (Fsp3) is 0.857. The zero-order valence-corrected chi connectivity index (χ0v) is 8.75. The molecule has 0 fully saturated rings. The highest BCUT2D eigenvalue weighted by molar-refractivity contribution is 7.91. The molecule has 0 aromatic carbocycles. The van der Waals surface area contributed by atoms with Gasteiger partial charge in [-0.2, -0.15) is 0 Å². The average Bonchev–Trinajstić information content (AvgIpc) is 2.02. The van der Waals surface area contributed by atoms with Crippen LogP contribution < -0.4 is 5.32 Å². The van der Waals surface area contributed by atoms with Gasteiger partial charge in [-0.25, -0.2) is 8.42 Å². The van der Waals surface area contributed by atoms with Crippen LogP contribution in [-0.4, -0.2) is 56.3 Å². The largest absolute Gasteiger partial charge is 0.481 e. The third-order valence-corrected chi connectivity index (χ3v) is 3.37. The molecular weight excluding hydrogens is 210 g/mol. The van der Waals surface area contributed by atoms with Gasteiger partial charge in [-0.15, -0.1) is 0 Å². The highest BCUT2D eigenvalue weighted by atomic mass is 32.2. The smallest absolute Gasteiger partial charge is 0.308 e. The van der Waals surface area contributed by atoms with Crippen LogP contribution in [0.2, 0.25) is 0 Å². The lowest BCUT2D eigenvalue weighted by molar-refractivity contribution is -0.140. The Morgan fingerprint density at radius 2 is 2.07 bits per heavy atom. The zero-order valence-electron chi connectivity index (χ0n) is 7.93. The Bertz CT molecular complexity index is 274. The van der Waals surface area contributed by atoms with Crippen LogP contribution in [0.5, 0.6) is 0 Å². The lowest BCUT2D eigenvalue weighted by Gasteiger charge is -2.11. The van der Waals surface area contributed by atoms with Gasteiger partial charge in [-0.1, -0.05) is 0 Å². The van der Waals surface area contributed by atoms with Gasteiger partial charge in [0.15, 0.2) is 9.84 Å². The number of aliphatic carboxylic acids is 1. The molecule has 1 atom stereocenters. The van der Waals surface area contributed by atoms with Crippen molar-refractivity contribution in [2.45, 2.75) is 0 Å². The van der Waals surface area contributed by atoms with E-state index in [-0.39, 0.29) is 12.3 Å². The van der Waals surface area contributed by atoms with Crippen LogP contribution in [0.1, 0.15) is 0 Å². The molecule has 7 heteroatoms. The second-order valence-corrected chi connectivity index (χ2v) is 5.16. The third kappa shape index (κ3) is 5.15. The van der Waals surface area contributed by atoms with Gasteiger partial charge in [-0.3, -0.25) is 4.79 Å². The van der Waals surface area contributed by atoms with Crippen LogP contribution in [0.4, 0.5) is 0 Å². The van der Waals surface area contributed by atoms with Crippen molar-refractivity contribution in [3.8, 4) is 0 Å². The molecule has 0 heterocycles. The minimum atomic E-state index is -3.47. The summed E-state index contributed by atoms with van der Waals surface area (Å²) in [5.41, 5.74) is 0. The van der Waals surface area contributed by atoms with Gasteiger partial charge in [0, 0.05) is 6.54 Å². The number of hydrogen-bond donors (Lipinski definition) is 3. The summed E-state index contributed by atoms with van der Waals surface area (Å²) in [4.78, 5) is 10.6. The Balaban J connectivity index is 4.36. The Labute approximate surface area is 82.9 Å². The Morgan fingerprint density at radius 3 is 2.43 bits per heavy atom. The van der Waals surface area contributed by atoms with E-state index in [0.29, 0.717) is 0 Å². The number of sulfone groups is 1. The van der Waals surface area contributed by atoms with Crippen LogP contribution >= 0.6 is 0 Å². The second-order valence-electron chi connectivity index (χ2n) is 2.93. The molecule has 0 saturated heterocycles. The molecule has 0 saturated carbocycles. The first-order valence-corrected chi connectivity index (χ1v) is 5.93. The molecule has 0 bridgehead atoms. The standard InChI is InChI=1S/C7H15NO5S/c1-8-4-6(7(10)11)5-14(12,13)3-2-9/h6,8-9H,2-5H2,1H3,(H,10,11). The van der Waals surface area contributed by atoms with E-state index in [4.69, 9.17) is 10.2 Å². The van der Waals surface area contributed by atoms with Gasteiger partial charge in [0.1, 0.15) is 0 Å². The fourth-order valence-electron chi connectivity index (χ4n) is 0.993. The summed E-state index contributed by atoms with van der Waals surface area (Å²) < 4.78 is 22.3. The molecule has 3 N–H and O–H groups in total. The molecule has 0 aliphatic carbocycles. The lowest BCUT2D eigenvalue weighted by atomic mass is 10.2. The molecule has 0 aliphatic rings. The molecule has 0 aromatic rings. The molecule has 6 nitrogen and oxygen atoms in total. The number of carboxylic acid groups (broad SMARTS) is 1. The summed E-state index contributed by atoms with van der Waals surface area (Å²) in [6, 6.07) is 0. The summed E-state index contributed by atoms with van der Waals surface area (Å²) in [5.74, 6) is -2.94. The first-order chi connectivity index (χ1) is 6.43. The number of hydrogen-bond acceptors (Lipinski definition) is 5. The topological polar surface area (TPSA) is 104 Å². The molecule has 0 amide bonds. The van der Waals surface area contributed by atoms with Crippen molar-refractivity contribution < 1.29 is 23.4 Å². The van der Waals surface area contributed by atoms with E-state index in [1.807, 2.05) is 0 Å². The highest BCUT2D eigenvalue weighted by Gasteiger charge is 2.24. The number of aliphatic hydroxyl groups excluding tert-OH is 1. The summed E-state index contributed by atoms with van der Waals surface area (Å²) in [6.07, 6.45) is 0. The number of rotatable bonds is 7. The van der Waals surface area contributed by atoms with Gasteiger partial charge < -0.3 is 15.5 Å². The van der Waals surface area contributed by atoms with E-state index in [1.165, 1.54) is 0 Å². The summed E-state index contributed by atoms with van der Waals surface area (Å²) in [7, 11) is -1.92. The van der Waals surface area contributed by atoms with E-state index in [0.717, 1.165) is 0 Å². The highest BCUT2D eigenvalue weighted by Crippen LogP contribution is 2.02. The van der Waals surface area contributed by atoms with Gasteiger partial charge in [0.25, 0.3) is 0 Å².